The van der Waals surface area contributed by atoms with Crippen LogP contribution in [-0.4, -0.2) is 9.55 Å². The first-order valence-corrected chi connectivity index (χ1v) is 15.4. The third kappa shape index (κ3) is 4.22. The number of aromatic nitrogens is 2. The molecule has 0 fully saturated rings. The molecule has 210 valence electrons. The van der Waals surface area contributed by atoms with E-state index in [1.54, 1.807) is 0 Å². The number of fused-ring (bicyclic) bond motifs is 7. The molecule has 0 bridgehead atoms. The first kappa shape index (κ1) is 25.5. The summed E-state index contributed by atoms with van der Waals surface area (Å²) >= 11 is 0. The van der Waals surface area contributed by atoms with Gasteiger partial charge in [-0.15, -0.1) is 0 Å². The second-order valence-electron chi connectivity index (χ2n) is 11.6. The van der Waals surface area contributed by atoms with Crippen LogP contribution in [0.3, 0.4) is 0 Å². The molecule has 0 aliphatic carbocycles. The molecule has 0 amide bonds. The molecule has 9 rings (SSSR count). The van der Waals surface area contributed by atoms with Crippen LogP contribution in [0.1, 0.15) is 0 Å². The topological polar surface area (TPSA) is 17.8 Å². The summed E-state index contributed by atoms with van der Waals surface area (Å²) in [7, 11) is 0. The van der Waals surface area contributed by atoms with Gasteiger partial charge in [0.1, 0.15) is 0 Å². The maximum Gasteiger partial charge on any atom is 0.0716 e. The first-order valence-electron chi connectivity index (χ1n) is 15.4. The number of hydrogen-bond donors (Lipinski definition) is 0. The van der Waals surface area contributed by atoms with Crippen LogP contribution < -0.4 is 0 Å². The third-order valence-corrected chi connectivity index (χ3v) is 8.95. The number of benzene rings is 7. The summed E-state index contributed by atoms with van der Waals surface area (Å²) in [5.74, 6) is 0. The van der Waals surface area contributed by atoms with Gasteiger partial charge in [0.25, 0.3) is 0 Å². The van der Waals surface area contributed by atoms with Gasteiger partial charge in [0.2, 0.25) is 0 Å². The Bertz CT molecular complexity index is 2370. The lowest BCUT2D eigenvalue weighted by molar-refractivity contribution is 1.18. The van der Waals surface area contributed by atoms with Gasteiger partial charge in [-0.1, -0.05) is 133 Å². The fraction of sp³-hybridized carbons (Fsp3) is 0. The van der Waals surface area contributed by atoms with Crippen LogP contribution >= 0.6 is 0 Å². The maximum absolute atomic E-state index is 5.22. The molecule has 9 aromatic rings. The monoisotopic (exact) mass is 572 g/mol. The van der Waals surface area contributed by atoms with E-state index in [0.717, 1.165) is 33.8 Å². The Kier molecular flexibility index (Phi) is 5.85. The van der Waals surface area contributed by atoms with E-state index < -0.39 is 0 Å². The van der Waals surface area contributed by atoms with Crippen molar-refractivity contribution in [2.24, 2.45) is 0 Å². The molecule has 7 aromatic carbocycles. The molecule has 0 saturated carbocycles. The van der Waals surface area contributed by atoms with Crippen molar-refractivity contribution >= 4 is 43.4 Å². The van der Waals surface area contributed by atoms with Crippen LogP contribution in [0.25, 0.3) is 82.7 Å². The molecule has 2 heterocycles. The van der Waals surface area contributed by atoms with E-state index in [0.29, 0.717) is 0 Å². The summed E-state index contributed by atoms with van der Waals surface area (Å²) in [6.07, 6.45) is 0. The van der Waals surface area contributed by atoms with Crippen molar-refractivity contribution in [1.82, 2.24) is 9.55 Å². The van der Waals surface area contributed by atoms with Crippen molar-refractivity contribution < 1.29 is 0 Å². The van der Waals surface area contributed by atoms with Crippen molar-refractivity contribution in [3.63, 3.8) is 0 Å². The molecule has 0 spiro atoms. The van der Waals surface area contributed by atoms with Gasteiger partial charge >= 0.3 is 0 Å². The van der Waals surface area contributed by atoms with E-state index in [9.17, 15) is 0 Å². The second kappa shape index (κ2) is 10.3. The van der Waals surface area contributed by atoms with Gasteiger partial charge in [-0.05, 0) is 69.1 Å². The fourth-order valence-electron chi connectivity index (χ4n) is 6.86. The van der Waals surface area contributed by atoms with Gasteiger partial charge in [0.15, 0.2) is 0 Å². The Morgan fingerprint density at radius 3 is 1.49 bits per heavy atom. The largest absolute Gasteiger partial charge is 0.309 e. The lowest BCUT2D eigenvalue weighted by Gasteiger charge is -2.13. The van der Waals surface area contributed by atoms with E-state index in [1.807, 2.05) is 6.07 Å². The van der Waals surface area contributed by atoms with Crippen LogP contribution in [0.2, 0.25) is 0 Å². The Morgan fingerprint density at radius 1 is 0.356 bits per heavy atom. The van der Waals surface area contributed by atoms with Crippen molar-refractivity contribution in [1.29, 1.82) is 0 Å². The molecule has 0 N–H and O–H groups in total. The molecule has 45 heavy (non-hydrogen) atoms. The number of pyridine rings is 1. The van der Waals surface area contributed by atoms with Gasteiger partial charge in [0, 0.05) is 27.6 Å². The minimum atomic E-state index is 0.953. The lowest BCUT2D eigenvalue weighted by atomic mass is 10.00. The molecule has 2 aromatic heterocycles. The Labute approximate surface area is 261 Å². The van der Waals surface area contributed by atoms with Crippen molar-refractivity contribution in [3.8, 4) is 39.3 Å². The summed E-state index contributed by atoms with van der Waals surface area (Å²) in [4.78, 5) is 5.22. The molecule has 0 radical (unpaired) electrons. The van der Waals surface area contributed by atoms with Gasteiger partial charge in [0.05, 0.1) is 22.4 Å². The molecular weight excluding hydrogens is 544 g/mol. The van der Waals surface area contributed by atoms with E-state index in [-0.39, 0.29) is 0 Å². The van der Waals surface area contributed by atoms with Crippen LogP contribution in [0.5, 0.6) is 0 Å². The molecule has 0 unspecified atom stereocenters. The first-order chi connectivity index (χ1) is 22.3. The predicted molar refractivity (Wildman–Crippen MR) is 190 cm³/mol. The average Bonchev–Trinajstić information content (AvgIpc) is 3.48. The normalized spacial score (nSPS) is 11.6. The smallest absolute Gasteiger partial charge is 0.0716 e. The second-order valence-corrected chi connectivity index (χ2v) is 11.6. The number of hydrogen-bond acceptors (Lipinski definition) is 1. The van der Waals surface area contributed by atoms with Crippen molar-refractivity contribution in [2.45, 2.75) is 0 Å². The zero-order valence-corrected chi connectivity index (χ0v) is 24.6. The Balaban J connectivity index is 1.31. The highest BCUT2D eigenvalue weighted by molar-refractivity contribution is 6.28. The summed E-state index contributed by atoms with van der Waals surface area (Å²) < 4.78 is 2.42. The van der Waals surface area contributed by atoms with Crippen LogP contribution in [0.4, 0.5) is 0 Å². The predicted octanol–water partition coefficient (Wildman–Crippen LogP) is 11.5. The zero-order valence-electron chi connectivity index (χ0n) is 24.6. The highest BCUT2D eigenvalue weighted by atomic mass is 15.0. The molecule has 0 aliphatic heterocycles. The SMILES string of the molecule is c1ccc(-c2cc(-c3ccccc3)nc(-c3cccc(-n4c5ccc6ccccc6c5c5c6ccccc6ccc54)c3)c2)cc1. The molecular formula is C43H28N2. The molecule has 2 nitrogen and oxygen atoms in total. The van der Waals surface area contributed by atoms with E-state index in [1.165, 1.54) is 48.9 Å². The van der Waals surface area contributed by atoms with E-state index in [4.69, 9.17) is 4.98 Å². The van der Waals surface area contributed by atoms with Crippen molar-refractivity contribution in [3.05, 3.63) is 170 Å². The highest BCUT2D eigenvalue weighted by Gasteiger charge is 2.18. The Hall–Kier alpha value is -5.99. The summed E-state index contributed by atoms with van der Waals surface area (Å²) in [5, 5.41) is 7.64. The molecule has 2 heteroatoms. The van der Waals surface area contributed by atoms with Gasteiger partial charge < -0.3 is 4.57 Å². The van der Waals surface area contributed by atoms with E-state index >= 15 is 0 Å². The van der Waals surface area contributed by atoms with Gasteiger partial charge in [-0.25, -0.2) is 4.98 Å². The average molecular weight is 573 g/mol. The molecule has 0 atom stereocenters. The molecule has 0 aliphatic rings. The fourth-order valence-corrected chi connectivity index (χ4v) is 6.86. The quantitative estimate of drug-likeness (QED) is 0.205. The highest BCUT2D eigenvalue weighted by Crippen LogP contribution is 2.41. The number of rotatable bonds is 4. The van der Waals surface area contributed by atoms with Crippen LogP contribution in [-0.2, 0) is 0 Å². The summed E-state index contributed by atoms with van der Waals surface area (Å²) in [6.45, 7) is 0. The Morgan fingerprint density at radius 2 is 0.867 bits per heavy atom. The minimum Gasteiger partial charge on any atom is -0.309 e. The van der Waals surface area contributed by atoms with Crippen LogP contribution in [0, 0.1) is 0 Å². The summed E-state index contributed by atoms with van der Waals surface area (Å²) in [6, 6.07) is 60.8. The third-order valence-electron chi connectivity index (χ3n) is 8.95. The van der Waals surface area contributed by atoms with Gasteiger partial charge in [-0.3, -0.25) is 0 Å². The maximum atomic E-state index is 5.22. The van der Waals surface area contributed by atoms with E-state index in [2.05, 4.69) is 168 Å². The van der Waals surface area contributed by atoms with Crippen LogP contribution in [0.15, 0.2) is 170 Å². The van der Waals surface area contributed by atoms with Crippen molar-refractivity contribution in [2.75, 3.05) is 0 Å². The summed E-state index contributed by atoms with van der Waals surface area (Å²) in [5.41, 5.74) is 9.96. The number of nitrogens with zero attached hydrogens (tertiary/aromatic N) is 2. The molecule has 0 saturated heterocycles. The lowest BCUT2D eigenvalue weighted by Crippen LogP contribution is -1.96. The zero-order chi connectivity index (χ0) is 29.7. The minimum absolute atomic E-state index is 0.953. The van der Waals surface area contributed by atoms with Gasteiger partial charge in [-0.2, -0.15) is 0 Å². The standard InChI is InChI=1S/C43H28N2/c1-3-12-29(13-4-1)34-27-38(32-16-5-2-6-17-32)44-39(28-34)33-18-11-19-35(26-33)45-40-24-22-30-14-7-9-20-36(30)42(40)43-37-21-10-8-15-31(37)23-25-41(43)45/h1-28H.